The van der Waals surface area contributed by atoms with Gasteiger partial charge in [-0.2, -0.15) is 0 Å². The molecule has 0 N–H and O–H groups in total. The van der Waals surface area contributed by atoms with Gasteiger partial charge in [0.1, 0.15) is 17.0 Å². The van der Waals surface area contributed by atoms with Gasteiger partial charge in [0, 0.05) is 5.92 Å². The van der Waals surface area contributed by atoms with Crippen molar-refractivity contribution in [1.82, 2.24) is 0 Å². The predicted molar refractivity (Wildman–Crippen MR) is 104 cm³/mol. The van der Waals surface area contributed by atoms with Crippen molar-refractivity contribution in [1.29, 1.82) is 0 Å². The molecule has 8 atom stereocenters. The van der Waals surface area contributed by atoms with Crippen molar-refractivity contribution in [3.05, 3.63) is 29.8 Å². The van der Waals surface area contributed by atoms with Gasteiger partial charge in [0.25, 0.3) is 0 Å². The molecule has 3 saturated heterocycles. The fraction of sp³-hybridized carbons (Fsp3) is 0.739. The Hall–Kier alpha value is -1.14. The van der Waals surface area contributed by atoms with Crippen LogP contribution in [0, 0.1) is 23.7 Å². The van der Waals surface area contributed by atoms with Crippen molar-refractivity contribution >= 4 is 0 Å². The van der Waals surface area contributed by atoms with Crippen molar-refractivity contribution < 1.29 is 24.0 Å². The van der Waals surface area contributed by atoms with E-state index in [9.17, 15) is 0 Å². The maximum Gasteiger partial charge on any atom is 0.135 e. The van der Waals surface area contributed by atoms with Crippen LogP contribution >= 0.6 is 0 Å². The van der Waals surface area contributed by atoms with Crippen molar-refractivity contribution in [2.45, 2.75) is 70.1 Å². The molecule has 5 nitrogen and oxygen atoms in total. The van der Waals surface area contributed by atoms with E-state index in [4.69, 9.17) is 24.0 Å². The summed E-state index contributed by atoms with van der Waals surface area (Å²) < 4.78 is 18.0. The van der Waals surface area contributed by atoms with E-state index in [0.717, 1.165) is 31.6 Å². The van der Waals surface area contributed by atoms with E-state index in [1.165, 1.54) is 5.56 Å². The first-order valence-corrected chi connectivity index (χ1v) is 10.7. The van der Waals surface area contributed by atoms with Crippen LogP contribution in [0.4, 0.5) is 0 Å². The van der Waals surface area contributed by atoms with Gasteiger partial charge < -0.3 is 14.2 Å². The summed E-state index contributed by atoms with van der Waals surface area (Å²) in [5.74, 6) is 2.48. The molecule has 0 aromatic heterocycles. The Bertz CT molecular complexity index is 708. The minimum Gasteiger partial charge on any atom is -0.497 e. The molecule has 5 heteroatoms. The summed E-state index contributed by atoms with van der Waals surface area (Å²) in [6.45, 7) is 8.18. The summed E-state index contributed by atoms with van der Waals surface area (Å²) in [6, 6.07) is 8.13. The zero-order chi connectivity index (χ0) is 19.5. The minimum atomic E-state index is -0.280. The van der Waals surface area contributed by atoms with Crippen LogP contribution in [0.1, 0.15) is 45.6 Å². The van der Waals surface area contributed by atoms with Crippen LogP contribution in [-0.2, 0) is 25.9 Å². The highest BCUT2D eigenvalue weighted by atomic mass is 17.2. The van der Waals surface area contributed by atoms with Gasteiger partial charge >= 0.3 is 0 Å². The quantitative estimate of drug-likeness (QED) is 0.726. The van der Waals surface area contributed by atoms with Gasteiger partial charge in [-0.3, -0.25) is 0 Å². The van der Waals surface area contributed by atoms with Gasteiger partial charge in [0.15, 0.2) is 0 Å². The fourth-order valence-corrected chi connectivity index (χ4v) is 6.24. The van der Waals surface area contributed by atoms with Crippen LogP contribution in [0.25, 0.3) is 0 Å². The monoisotopic (exact) mass is 388 g/mol. The zero-order valence-electron chi connectivity index (χ0n) is 17.4. The van der Waals surface area contributed by atoms with E-state index in [1.54, 1.807) is 7.11 Å². The summed E-state index contributed by atoms with van der Waals surface area (Å²) in [5.41, 5.74) is 0.656. The highest BCUT2D eigenvalue weighted by molar-refractivity contribution is 5.26. The summed E-state index contributed by atoms with van der Waals surface area (Å²) in [4.78, 5) is 12.2. The molecule has 2 bridgehead atoms. The molecule has 6 rings (SSSR count). The maximum absolute atomic E-state index is 6.44. The second-order valence-electron chi connectivity index (χ2n) is 9.57. The highest BCUT2D eigenvalue weighted by Gasteiger charge is 2.68. The first kappa shape index (κ1) is 18.9. The molecule has 3 aliphatic heterocycles. The van der Waals surface area contributed by atoms with Crippen LogP contribution in [0.5, 0.6) is 5.75 Å². The van der Waals surface area contributed by atoms with E-state index in [1.807, 2.05) is 12.1 Å². The average Bonchev–Trinajstić information content (AvgIpc) is 3.14. The van der Waals surface area contributed by atoms with Gasteiger partial charge in [-0.15, -0.1) is 0 Å². The molecule has 5 aliphatic rings. The molecule has 154 valence electrons. The van der Waals surface area contributed by atoms with Crippen molar-refractivity contribution in [3.8, 4) is 5.75 Å². The molecule has 1 spiro atoms. The van der Waals surface area contributed by atoms with Gasteiger partial charge in [0.05, 0.1) is 32.5 Å². The van der Waals surface area contributed by atoms with E-state index in [0.29, 0.717) is 30.3 Å². The molecule has 2 saturated carbocycles. The lowest BCUT2D eigenvalue weighted by Crippen LogP contribution is -2.51. The molecule has 0 radical (unpaired) electrons. The maximum atomic E-state index is 6.44. The topological polar surface area (TPSA) is 46.2 Å². The fourth-order valence-electron chi connectivity index (χ4n) is 6.24. The van der Waals surface area contributed by atoms with Gasteiger partial charge in [0.2, 0.25) is 0 Å². The van der Waals surface area contributed by atoms with E-state index < -0.39 is 0 Å². The second-order valence-corrected chi connectivity index (χ2v) is 9.57. The molecule has 0 unspecified atom stereocenters. The first-order valence-electron chi connectivity index (χ1n) is 10.7. The number of hydrogen-bond acceptors (Lipinski definition) is 5. The third-order valence-corrected chi connectivity index (χ3v) is 8.14. The van der Waals surface area contributed by atoms with Crippen molar-refractivity contribution in [2.75, 3.05) is 13.7 Å². The Labute approximate surface area is 167 Å². The standard InChI is InChI=1S/C23H32O5/c1-14-12-26-21-20-15(2)19(25-13-16-5-7-17(24-4)8-6-16)11-18(20)22(3)9-10-23(14,21)28-27-22/h5-8,14-15,18-21H,9-13H2,1-4H3/t14-,15-,18-,19-,20+,21+,22-,23-/m0/s1. The molecule has 0 amide bonds. The third-order valence-electron chi connectivity index (χ3n) is 8.14. The lowest BCUT2D eigenvalue weighted by atomic mass is 9.74. The van der Waals surface area contributed by atoms with Crippen molar-refractivity contribution in [2.24, 2.45) is 23.7 Å². The Balaban J connectivity index is 1.35. The van der Waals surface area contributed by atoms with Crippen molar-refractivity contribution in [3.63, 3.8) is 0 Å². The Morgan fingerprint density at radius 1 is 1.11 bits per heavy atom. The van der Waals surface area contributed by atoms with Crippen LogP contribution < -0.4 is 4.74 Å². The third kappa shape index (κ3) is 2.67. The summed E-state index contributed by atoms with van der Waals surface area (Å²) in [7, 11) is 1.69. The van der Waals surface area contributed by atoms with Gasteiger partial charge in [-0.25, -0.2) is 9.78 Å². The first-order chi connectivity index (χ1) is 13.5. The molecule has 5 fully saturated rings. The largest absolute Gasteiger partial charge is 0.497 e. The lowest BCUT2D eigenvalue weighted by molar-refractivity contribution is -0.443. The molecule has 1 aromatic rings. The van der Waals surface area contributed by atoms with Crippen LogP contribution in [0.2, 0.25) is 0 Å². The number of hydrogen-bond donors (Lipinski definition) is 0. The van der Waals surface area contributed by atoms with E-state index >= 15 is 0 Å². The van der Waals surface area contributed by atoms with Crippen LogP contribution in [-0.4, -0.2) is 37.1 Å². The predicted octanol–water partition coefficient (Wildman–Crippen LogP) is 4.14. The Morgan fingerprint density at radius 2 is 1.89 bits per heavy atom. The smallest absolute Gasteiger partial charge is 0.135 e. The number of benzene rings is 1. The number of fused-ring (bicyclic) bond motifs is 2. The Morgan fingerprint density at radius 3 is 2.57 bits per heavy atom. The average molecular weight is 389 g/mol. The van der Waals surface area contributed by atoms with Gasteiger partial charge in [-0.1, -0.05) is 26.0 Å². The number of ether oxygens (including phenoxy) is 3. The molecular formula is C23H32O5. The number of methoxy groups -OCH3 is 1. The molecule has 2 aliphatic carbocycles. The van der Waals surface area contributed by atoms with Crippen LogP contribution in [0.15, 0.2) is 24.3 Å². The SMILES string of the molecule is COc1ccc(CO[C@H]2C[C@H]3[C@@H]([C@H]2C)[C@H]2OC[C@H](C)[C@@]24CC[C@]3(C)OO4)cc1. The van der Waals surface area contributed by atoms with Gasteiger partial charge in [-0.05, 0) is 61.6 Å². The molecule has 1 aromatic carbocycles. The molecule has 3 heterocycles. The summed E-state index contributed by atoms with van der Waals surface area (Å²) in [5, 5.41) is 0. The molecule has 28 heavy (non-hydrogen) atoms. The zero-order valence-corrected chi connectivity index (χ0v) is 17.4. The van der Waals surface area contributed by atoms with Crippen LogP contribution in [0.3, 0.4) is 0 Å². The summed E-state index contributed by atoms with van der Waals surface area (Å²) in [6.07, 6.45) is 3.41. The Kier molecular flexibility index (Phi) is 4.51. The van der Waals surface area contributed by atoms with E-state index in [2.05, 4.69) is 32.9 Å². The number of rotatable bonds is 4. The lowest BCUT2D eigenvalue weighted by Gasteiger charge is -2.43. The highest BCUT2D eigenvalue weighted by Crippen LogP contribution is 2.61. The normalized spacial score (nSPS) is 46.9. The summed E-state index contributed by atoms with van der Waals surface area (Å²) >= 11 is 0. The minimum absolute atomic E-state index is 0.112. The molecular weight excluding hydrogens is 356 g/mol. The van der Waals surface area contributed by atoms with E-state index in [-0.39, 0.29) is 23.4 Å². The second kappa shape index (κ2) is 6.69.